The van der Waals surface area contributed by atoms with Gasteiger partial charge in [0.05, 0.1) is 0 Å². The van der Waals surface area contributed by atoms with Crippen molar-refractivity contribution in [3.05, 3.63) is 35.4 Å². The highest BCUT2D eigenvalue weighted by atomic mass is 16.2. The van der Waals surface area contributed by atoms with E-state index in [4.69, 9.17) is 0 Å². The van der Waals surface area contributed by atoms with Crippen LogP contribution in [0.5, 0.6) is 0 Å². The highest BCUT2D eigenvalue weighted by molar-refractivity contribution is 6.34. The van der Waals surface area contributed by atoms with Crippen molar-refractivity contribution in [3.8, 4) is 0 Å². The van der Waals surface area contributed by atoms with Crippen LogP contribution in [0.25, 0.3) is 0 Å². The molecule has 1 aromatic carbocycles. The Morgan fingerprint density at radius 2 is 2.15 bits per heavy atom. The third-order valence-corrected chi connectivity index (χ3v) is 3.36. The van der Waals surface area contributed by atoms with Crippen molar-refractivity contribution in [3.63, 3.8) is 0 Å². The third kappa shape index (κ3) is 4.06. The molecule has 1 fully saturated rings. The average Bonchev–Trinajstić information content (AvgIpc) is 2.73. The zero-order valence-corrected chi connectivity index (χ0v) is 11.8. The van der Waals surface area contributed by atoms with E-state index in [1.807, 2.05) is 31.2 Å². The molecule has 0 atom stereocenters. The summed E-state index contributed by atoms with van der Waals surface area (Å²) in [5.74, 6) is -0.949. The fraction of sp³-hybridized carbons (Fsp3) is 0.467. The molecule has 1 aromatic rings. The molecule has 5 nitrogen and oxygen atoms in total. The van der Waals surface area contributed by atoms with E-state index in [9.17, 15) is 9.59 Å². The van der Waals surface area contributed by atoms with Gasteiger partial charge in [0.25, 0.3) is 0 Å². The minimum absolute atomic E-state index is 0.387. The van der Waals surface area contributed by atoms with Gasteiger partial charge < -0.3 is 15.5 Å². The standard InChI is InChI=1S/C15H21N3O2/c1-12-4-2-5-13(10-12)11-17-14(19)15(20)18-8-3-6-16-7-9-18/h2,4-5,10,16H,3,6-9,11H2,1H3,(H,17,19). The Bertz CT molecular complexity index is 480. The van der Waals surface area contributed by atoms with Crippen LogP contribution < -0.4 is 10.6 Å². The molecule has 0 aromatic heterocycles. The summed E-state index contributed by atoms with van der Waals surface area (Å²) in [5, 5.41) is 5.90. The second kappa shape index (κ2) is 7.05. The van der Waals surface area contributed by atoms with Crippen LogP contribution in [-0.4, -0.2) is 42.9 Å². The molecule has 1 heterocycles. The Labute approximate surface area is 119 Å². The van der Waals surface area contributed by atoms with Crippen molar-refractivity contribution in [2.24, 2.45) is 0 Å². The van der Waals surface area contributed by atoms with Crippen LogP contribution in [0.15, 0.2) is 24.3 Å². The molecule has 5 heteroatoms. The number of nitrogens with one attached hydrogen (secondary N) is 2. The molecule has 1 saturated heterocycles. The largest absolute Gasteiger partial charge is 0.344 e. The highest BCUT2D eigenvalue weighted by Crippen LogP contribution is 2.03. The van der Waals surface area contributed by atoms with Crippen molar-refractivity contribution in [1.82, 2.24) is 15.5 Å². The van der Waals surface area contributed by atoms with Gasteiger partial charge in [-0.3, -0.25) is 9.59 Å². The zero-order chi connectivity index (χ0) is 14.4. The number of aryl methyl sites for hydroxylation is 1. The molecule has 1 aliphatic heterocycles. The minimum Gasteiger partial charge on any atom is -0.344 e. The maximum atomic E-state index is 12.0. The maximum absolute atomic E-state index is 12.0. The lowest BCUT2D eigenvalue weighted by atomic mass is 10.1. The number of carbonyl (C=O) groups excluding carboxylic acids is 2. The monoisotopic (exact) mass is 275 g/mol. The van der Waals surface area contributed by atoms with Crippen molar-refractivity contribution in [1.29, 1.82) is 0 Å². The van der Waals surface area contributed by atoms with Crippen molar-refractivity contribution in [2.45, 2.75) is 19.9 Å². The summed E-state index contributed by atoms with van der Waals surface area (Å²) in [6, 6.07) is 7.88. The van der Waals surface area contributed by atoms with Gasteiger partial charge in [0.15, 0.2) is 0 Å². The molecule has 0 bridgehead atoms. The topological polar surface area (TPSA) is 61.4 Å². The van der Waals surface area contributed by atoms with Crippen LogP contribution >= 0.6 is 0 Å². The number of rotatable bonds is 2. The molecule has 0 saturated carbocycles. The number of carbonyl (C=O) groups is 2. The zero-order valence-electron chi connectivity index (χ0n) is 11.8. The van der Waals surface area contributed by atoms with Crippen LogP contribution in [0.3, 0.4) is 0 Å². The van der Waals surface area contributed by atoms with Gasteiger partial charge in [0.2, 0.25) is 0 Å². The van der Waals surface area contributed by atoms with Crippen LogP contribution in [0.4, 0.5) is 0 Å². The first kappa shape index (κ1) is 14.5. The lowest BCUT2D eigenvalue weighted by Crippen LogP contribution is -2.44. The number of hydrogen-bond acceptors (Lipinski definition) is 3. The first-order valence-electron chi connectivity index (χ1n) is 7.00. The first-order valence-corrected chi connectivity index (χ1v) is 7.00. The second-order valence-corrected chi connectivity index (χ2v) is 5.07. The Morgan fingerprint density at radius 3 is 2.95 bits per heavy atom. The molecule has 1 aliphatic rings. The average molecular weight is 275 g/mol. The highest BCUT2D eigenvalue weighted by Gasteiger charge is 2.21. The van der Waals surface area contributed by atoms with E-state index >= 15 is 0 Å². The van der Waals surface area contributed by atoms with Crippen LogP contribution in [0.1, 0.15) is 17.5 Å². The lowest BCUT2D eigenvalue weighted by Gasteiger charge is -2.19. The summed E-state index contributed by atoms with van der Waals surface area (Å²) in [6.45, 7) is 5.27. The Kier molecular flexibility index (Phi) is 5.12. The fourth-order valence-electron chi connectivity index (χ4n) is 2.27. The second-order valence-electron chi connectivity index (χ2n) is 5.07. The van der Waals surface area contributed by atoms with E-state index in [1.165, 1.54) is 0 Å². The predicted molar refractivity (Wildman–Crippen MR) is 77.1 cm³/mol. The van der Waals surface area contributed by atoms with Gasteiger partial charge in [0.1, 0.15) is 0 Å². The molecule has 0 aliphatic carbocycles. The Balaban J connectivity index is 1.86. The molecular formula is C15H21N3O2. The van der Waals surface area contributed by atoms with E-state index in [1.54, 1.807) is 4.90 Å². The molecule has 2 amide bonds. The summed E-state index contributed by atoms with van der Waals surface area (Å²) < 4.78 is 0. The van der Waals surface area contributed by atoms with E-state index in [-0.39, 0.29) is 0 Å². The molecule has 0 radical (unpaired) electrons. The predicted octanol–water partition coefficient (Wildman–Crippen LogP) is 0.433. The number of benzene rings is 1. The van der Waals surface area contributed by atoms with E-state index in [2.05, 4.69) is 10.6 Å². The molecule has 20 heavy (non-hydrogen) atoms. The molecule has 0 unspecified atom stereocenters. The quantitative estimate of drug-likeness (QED) is 0.770. The van der Waals surface area contributed by atoms with Crippen molar-refractivity contribution < 1.29 is 9.59 Å². The minimum atomic E-state index is -0.520. The van der Waals surface area contributed by atoms with Crippen LogP contribution in [0, 0.1) is 6.92 Å². The van der Waals surface area contributed by atoms with Crippen LogP contribution in [-0.2, 0) is 16.1 Å². The molecule has 2 rings (SSSR count). The van der Waals surface area contributed by atoms with Crippen molar-refractivity contribution >= 4 is 11.8 Å². The summed E-state index contributed by atoms with van der Waals surface area (Å²) >= 11 is 0. The third-order valence-electron chi connectivity index (χ3n) is 3.36. The number of nitrogens with zero attached hydrogens (tertiary/aromatic N) is 1. The van der Waals surface area contributed by atoms with Crippen LogP contribution in [0.2, 0.25) is 0 Å². The van der Waals surface area contributed by atoms with Gasteiger partial charge in [-0.05, 0) is 25.5 Å². The van der Waals surface area contributed by atoms with Gasteiger partial charge in [-0.25, -0.2) is 0 Å². The number of amides is 2. The lowest BCUT2D eigenvalue weighted by molar-refractivity contribution is -0.145. The summed E-state index contributed by atoms with van der Waals surface area (Å²) in [5.41, 5.74) is 2.14. The maximum Gasteiger partial charge on any atom is 0.311 e. The van der Waals surface area contributed by atoms with Gasteiger partial charge in [-0.2, -0.15) is 0 Å². The number of hydrogen-bond donors (Lipinski definition) is 2. The summed E-state index contributed by atoms with van der Waals surface area (Å²) in [7, 11) is 0. The first-order chi connectivity index (χ1) is 9.66. The van der Waals surface area contributed by atoms with E-state index < -0.39 is 11.8 Å². The summed E-state index contributed by atoms with van der Waals surface area (Å²) in [6.07, 6.45) is 0.886. The van der Waals surface area contributed by atoms with Gasteiger partial charge in [0, 0.05) is 26.2 Å². The normalized spacial score (nSPS) is 15.6. The molecule has 2 N–H and O–H groups in total. The Hall–Kier alpha value is -1.88. The fourth-order valence-corrected chi connectivity index (χ4v) is 2.27. The van der Waals surface area contributed by atoms with E-state index in [0.29, 0.717) is 19.6 Å². The van der Waals surface area contributed by atoms with Crippen molar-refractivity contribution in [2.75, 3.05) is 26.2 Å². The van der Waals surface area contributed by atoms with Gasteiger partial charge >= 0.3 is 11.8 Å². The summed E-state index contributed by atoms with van der Waals surface area (Å²) in [4.78, 5) is 25.5. The SMILES string of the molecule is Cc1cccc(CNC(=O)C(=O)N2CCCNCC2)c1. The Morgan fingerprint density at radius 1 is 1.30 bits per heavy atom. The smallest absolute Gasteiger partial charge is 0.311 e. The molecular weight excluding hydrogens is 254 g/mol. The van der Waals surface area contributed by atoms with E-state index in [0.717, 1.165) is 30.6 Å². The molecule has 108 valence electrons. The molecule has 0 spiro atoms. The van der Waals surface area contributed by atoms with Gasteiger partial charge in [-0.1, -0.05) is 29.8 Å². The van der Waals surface area contributed by atoms with Gasteiger partial charge in [-0.15, -0.1) is 0 Å².